The van der Waals surface area contributed by atoms with Gasteiger partial charge in [0.15, 0.2) is 0 Å². The highest BCUT2D eigenvalue weighted by Crippen LogP contribution is 2.33. The first-order valence-electron chi connectivity index (χ1n) is 12.4. The predicted molar refractivity (Wildman–Crippen MR) is 142 cm³/mol. The highest BCUT2D eigenvalue weighted by atomic mass is 16.3. The van der Waals surface area contributed by atoms with Crippen LogP contribution in [0.2, 0.25) is 0 Å². The number of imidazole rings is 1. The van der Waals surface area contributed by atoms with Gasteiger partial charge in [-0.3, -0.25) is 9.78 Å². The lowest BCUT2D eigenvalue weighted by atomic mass is 9.92. The summed E-state index contributed by atoms with van der Waals surface area (Å²) in [6.45, 7) is 1.12. The minimum Gasteiger partial charge on any atom is -0.507 e. The summed E-state index contributed by atoms with van der Waals surface area (Å²) in [7, 11) is 0. The summed E-state index contributed by atoms with van der Waals surface area (Å²) in [5, 5.41) is 17.9. The number of phenolic OH excluding ortho intramolecular Hbond substituents is 1. The minimum absolute atomic E-state index is 0.140. The van der Waals surface area contributed by atoms with Gasteiger partial charge in [0.05, 0.1) is 22.1 Å². The highest BCUT2D eigenvalue weighted by molar-refractivity contribution is 5.98. The zero-order valence-corrected chi connectivity index (χ0v) is 19.8. The van der Waals surface area contributed by atoms with Crippen LogP contribution in [0.3, 0.4) is 0 Å². The normalized spacial score (nSPS) is 13.0. The number of phenols is 1. The first-order valence-corrected chi connectivity index (χ1v) is 12.4. The maximum Gasteiger partial charge on any atom is 0.251 e. The lowest BCUT2D eigenvalue weighted by Gasteiger charge is -2.21. The first-order chi connectivity index (χ1) is 17.7. The van der Waals surface area contributed by atoms with E-state index in [4.69, 9.17) is 4.98 Å². The third-order valence-electron chi connectivity index (χ3n) is 6.78. The lowest BCUT2D eigenvalue weighted by Crippen LogP contribution is -2.29. The second-order valence-corrected chi connectivity index (χ2v) is 9.15. The van der Waals surface area contributed by atoms with Crippen molar-refractivity contribution in [3.8, 4) is 17.1 Å². The molecule has 3 aromatic carbocycles. The number of aryl methyl sites for hydroxylation is 1. The number of nitrogens with zero attached hydrogens (tertiary/aromatic N) is 2. The summed E-state index contributed by atoms with van der Waals surface area (Å²) < 4.78 is 0. The van der Waals surface area contributed by atoms with Gasteiger partial charge in [-0.15, -0.1) is 0 Å². The molecule has 0 saturated carbocycles. The molecular weight excluding hydrogens is 450 g/mol. The Balaban J connectivity index is 1.15. The number of aromatic hydroxyl groups is 1. The smallest absolute Gasteiger partial charge is 0.251 e. The summed E-state index contributed by atoms with van der Waals surface area (Å²) in [6, 6.07) is 20.7. The van der Waals surface area contributed by atoms with Crippen LogP contribution in [0.4, 0.5) is 5.69 Å². The van der Waals surface area contributed by atoms with Gasteiger partial charge >= 0.3 is 0 Å². The Morgan fingerprint density at radius 3 is 2.67 bits per heavy atom. The van der Waals surface area contributed by atoms with Gasteiger partial charge in [-0.25, -0.2) is 4.98 Å². The van der Waals surface area contributed by atoms with Crippen molar-refractivity contribution >= 4 is 33.5 Å². The number of H-pyrrole nitrogens is 1. The molecular formula is C29H27N5O2. The number of aromatic amines is 1. The number of benzene rings is 3. The minimum atomic E-state index is -0.140. The van der Waals surface area contributed by atoms with E-state index in [1.807, 2.05) is 24.3 Å². The van der Waals surface area contributed by atoms with Crippen molar-refractivity contribution in [2.75, 3.05) is 18.4 Å². The van der Waals surface area contributed by atoms with Crippen LogP contribution >= 0.6 is 0 Å². The molecule has 0 unspecified atom stereocenters. The third kappa shape index (κ3) is 4.13. The van der Waals surface area contributed by atoms with E-state index in [2.05, 4.69) is 32.7 Å². The summed E-state index contributed by atoms with van der Waals surface area (Å²) in [4.78, 5) is 25.5. The first kappa shape index (κ1) is 22.1. The van der Waals surface area contributed by atoms with E-state index in [-0.39, 0.29) is 11.7 Å². The van der Waals surface area contributed by atoms with E-state index in [0.717, 1.165) is 40.5 Å². The number of rotatable bonds is 6. The standard InChI is InChI=1S/C29H27N5O2/c35-26-12-6-3-9-21(26)28-33-24-14-13-18(17-25(24)34-28)29(36)31-16-15-30-27-19-7-1-4-10-22(19)32-23-11-5-2-8-20(23)27/h1,3-4,6-7,9-10,12-14,17,35H,2,5,8,11,15-16H2,(H,30,32)(H,31,36)(H,33,34). The largest absolute Gasteiger partial charge is 0.507 e. The van der Waals surface area contributed by atoms with Crippen LogP contribution in [0.25, 0.3) is 33.3 Å². The molecule has 1 aliphatic carbocycles. The fraction of sp³-hybridized carbons (Fsp3) is 0.207. The number of pyridine rings is 1. The number of carbonyl (C=O) groups is 1. The summed E-state index contributed by atoms with van der Waals surface area (Å²) in [5.41, 5.74) is 7.34. The van der Waals surface area contributed by atoms with Crippen LogP contribution in [0, 0.1) is 0 Å². The van der Waals surface area contributed by atoms with Crippen molar-refractivity contribution in [1.82, 2.24) is 20.3 Å². The van der Waals surface area contributed by atoms with Crippen LogP contribution in [-0.4, -0.2) is 39.1 Å². The van der Waals surface area contributed by atoms with Crippen LogP contribution in [0.1, 0.15) is 34.5 Å². The Labute approximate surface area is 208 Å². The Bertz CT molecular complexity index is 1590. The number of nitrogens with one attached hydrogen (secondary N) is 3. The molecule has 36 heavy (non-hydrogen) atoms. The molecule has 5 aromatic rings. The van der Waals surface area contributed by atoms with Crippen molar-refractivity contribution in [1.29, 1.82) is 0 Å². The second-order valence-electron chi connectivity index (χ2n) is 9.15. The van der Waals surface area contributed by atoms with E-state index in [0.29, 0.717) is 30.0 Å². The number of anilines is 1. The van der Waals surface area contributed by atoms with Gasteiger partial charge in [-0.1, -0.05) is 30.3 Å². The van der Waals surface area contributed by atoms with Gasteiger partial charge in [0.1, 0.15) is 11.6 Å². The number of hydrogen-bond donors (Lipinski definition) is 4. The number of aromatic nitrogens is 3. The monoisotopic (exact) mass is 477 g/mol. The summed E-state index contributed by atoms with van der Waals surface area (Å²) in [6.07, 6.45) is 4.42. The van der Waals surface area contributed by atoms with Crippen molar-refractivity contribution in [2.24, 2.45) is 0 Å². The topological polar surface area (TPSA) is 103 Å². The quantitative estimate of drug-likeness (QED) is 0.252. The van der Waals surface area contributed by atoms with Crippen LogP contribution in [-0.2, 0) is 12.8 Å². The van der Waals surface area contributed by atoms with Crippen molar-refractivity contribution < 1.29 is 9.90 Å². The Hall–Kier alpha value is -4.39. The van der Waals surface area contributed by atoms with Gasteiger partial charge in [0, 0.05) is 35.4 Å². The SMILES string of the molecule is O=C(NCCNc1c2c(nc3ccccc13)CCCC2)c1ccc2nc(-c3ccccc3O)[nH]c2c1. The molecule has 7 nitrogen and oxygen atoms in total. The summed E-state index contributed by atoms with van der Waals surface area (Å²) >= 11 is 0. The number of hydrogen-bond acceptors (Lipinski definition) is 5. The fourth-order valence-electron chi connectivity index (χ4n) is 4.99. The highest BCUT2D eigenvalue weighted by Gasteiger charge is 2.18. The molecule has 0 bridgehead atoms. The molecule has 0 atom stereocenters. The number of carbonyl (C=O) groups excluding carboxylic acids is 1. The molecule has 0 fully saturated rings. The second kappa shape index (κ2) is 9.34. The molecule has 0 spiro atoms. The molecule has 0 saturated heterocycles. The van der Waals surface area contributed by atoms with Crippen molar-refractivity contribution in [3.05, 3.63) is 83.6 Å². The molecule has 180 valence electrons. The van der Waals surface area contributed by atoms with Gasteiger partial charge in [-0.2, -0.15) is 0 Å². The van der Waals surface area contributed by atoms with Crippen LogP contribution < -0.4 is 10.6 Å². The molecule has 2 aromatic heterocycles. The lowest BCUT2D eigenvalue weighted by molar-refractivity contribution is 0.0955. The molecule has 6 rings (SSSR count). The molecule has 4 N–H and O–H groups in total. The summed E-state index contributed by atoms with van der Waals surface area (Å²) in [5.74, 6) is 0.585. The number of fused-ring (bicyclic) bond motifs is 3. The Morgan fingerprint density at radius 2 is 1.75 bits per heavy atom. The van der Waals surface area contributed by atoms with Gasteiger partial charge in [0.25, 0.3) is 5.91 Å². The molecule has 2 heterocycles. The Morgan fingerprint density at radius 1 is 0.917 bits per heavy atom. The molecule has 1 aliphatic rings. The van der Waals surface area contributed by atoms with Gasteiger partial charge in [0.2, 0.25) is 0 Å². The molecule has 1 amide bonds. The van der Waals surface area contributed by atoms with Crippen molar-refractivity contribution in [2.45, 2.75) is 25.7 Å². The van der Waals surface area contributed by atoms with E-state index in [9.17, 15) is 9.90 Å². The predicted octanol–water partition coefficient (Wildman–Crippen LogP) is 5.20. The zero-order valence-electron chi connectivity index (χ0n) is 19.8. The number of amides is 1. The maximum atomic E-state index is 12.9. The fourth-order valence-corrected chi connectivity index (χ4v) is 4.99. The van der Waals surface area contributed by atoms with Crippen molar-refractivity contribution in [3.63, 3.8) is 0 Å². The average molecular weight is 478 g/mol. The Kier molecular flexibility index (Phi) is 5.73. The maximum absolute atomic E-state index is 12.9. The molecule has 0 radical (unpaired) electrons. The van der Waals surface area contributed by atoms with Gasteiger partial charge < -0.3 is 20.7 Å². The van der Waals surface area contributed by atoms with E-state index >= 15 is 0 Å². The molecule has 7 heteroatoms. The average Bonchev–Trinajstić information content (AvgIpc) is 3.34. The number of para-hydroxylation sites is 2. The van der Waals surface area contributed by atoms with Gasteiger partial charge in [-0.05, 0) is 67.6 Å². The van der Waals surface area contributed by atoms with Crippen LogP contribution in [0.15, 0.2) is 66.7 Å². The molecule has 0 aliphatic heterocycles. The zero-order chi connectivity index (χ0) is 24.5. The van der Waals surface area contributed by atoms with E-state index in [1.54, 1.807) is 30.3 Å². The van der Waals surface area contributed by atoms with E-state index < -0.39 is 0 Å². The van der Waals surface area contributed by atoms with E-state index in [1.165, 1.54) is 24.1 Å². The third-order valence-corrected chi connectivity index (χ3v) is 6.78. The van der Waals surface area contributed by atoms with Crippen LogP contribution in [0.5, 0.6) is 5.75 Å².